The molecule has 5 nitrogen and oxygen atoms in total. The Bertz CT molecular complexity index is 415. The lowest BCUT2D eigenvalue weighted by molar-refractivity contribution is 0.0774. The highest BCUT2D eigenvalue weighted by atomic mass is 16.2. The lowest BCUT2D eigenvalue weighted by Crippen LogP contribution is -2.32. The number of nitrogens with two attached hydrogens (primary N) is 1. The average Bonchev–Trinajstić information content (AvgIpc) is 2.90. The number of nitrogens with one attached hydrogen (secondary N) is 1. The highest BCUT2D eigenvalue weighted by Crippen LogP contribution is 2.25. The first-order valence-corrected chi connectivity index (χ1v) is 6.39. The summed E-state index contributed by atoms with van der Waals surface area (Å²) in [7, 11) is 1.84. The second-order valence-corrected chi connectivity index (χ2v) is 4.88. The van der Waals surface area contributed by atoms with Gasteiger partial charge in [0.2, 0.25) is 0 Å². The fourth-order valence-electron chi connectivity index (χ4n) is 2.56. The van der Waals surface area contributed by atoms with Crippen LogP contribution in [0.2, 0.25) is 0 Å². The zero-order chi connectivity index (χ0) is 13.0. The normalized spacial score (nSPS) is 15.7. The summed E-state index contributed by atoms with van der Waals surface area (Å²) in [5.74, 6) is 6.42. The maximum Gasteiger partial charge on any atom is 0.257 e. The van der Waals surface area contributed by atoms with Gasteiger partial charge in [0.1, 0.15) is 0 Å². The highest BCUT2D eigenvalue weighted by Gasteiger charge is 2.21. The molecule has 0 bridgehead atoms. The van der Waals surface area contributed by atoms with Crippen molar-refractivity contribution in [2.45, 2.75) is 25.7 Å². The van der Waals surface area contributed by atoms with Gasteiger partial charge >= 0.3 is 0 Å². The smallest absolute Gasteiger partial charge is 0.257 e. The number of hydrogen-bond acceptors (Lipinski definition) is 4. The molecule has 0 aromatic carbocycles. The molecule has 0 aliphatic heterocycles. The summed E-state index contributed by atoms with van der Waals surface area (Å²) >= 11 is 0. The van der Waals surface area contributed by atoms with Crippen LogP contribution in [0, 0.1) is 5.92 Å². The van der Waals surface area contributed by atoms with Crippen molar-refractivity contribution in [2.24, 2.45) is 11.8 Å². The summed E-state index contributed by atoms with van der Waals surface area (Å²) in [5, 5.41) is 0. The third kappa shape index (κ3) is 2.79. The minimum Gasteiger partial charge on any atom is -0.341 e. The summed E-state index contributed by atoms with van der Waals surface area (Å²) in [6.45, 7) is 0.817. The molecular weight excluding hydrogens is 228 g/mol. The Labute approximate surface area is 107 Å². The van der Waals surface area contributed by atoms with Crippen LogP contribution in [0.3, 0.4) is 0 Å². The van der Waals surface area contributed by atoms with Gasteiger partial charge in [-0.05, 0) is 30.9 Å². The Hall–Kier alpha value is -1.62. The second kappa shape index (κ2) is 5.82. The average molecular weight is 248 g/mol. The number of pyridine rings is 1. The van der Waals surface area contributed by atoms with Gasteiger partial charge in [-0.2, -0.15) is 0 Å². The Kier molecular flexibility index (Phi) is 4.15. The number of aromatic nitrogens is 1. The van der Waals surface area contributed by atoms with Crippen LogP contribution in [-0.4, -0.2) is 29.4 Å². The SMILES string of the molecule is CN(CC1CCCC1)C(=O)c1cccnc1NN. The molecule has 3 N–H and O–H groups in total. The van der Waals surface area contributed by atoms with E-state index in [1.165, 1.54) is 25.7 Å². The first-order chi connectivity index (χ1) is 8.72. The maximum absolute atomic E-state index is 12.3. The van der Waals surface area contributed by atoms with E-state index < -0.39 is 0 Å². The Morgan fingerprint density at radius 2 is 2.28 bits per heavy atom. The van der Waals surface area contributed by atoms with Crippen LogP contribution in [0.4, 0.5) is 5.82 Å². The van der Waals surface area contributed by atoms with E-state index in [-0.39, 0.29) is 5.91 Å². The van der Waals surface area contributed by atoms with Crippen molar-refractivity contribution in [3.8, 4) is 0 Å². The Balaban J connectivity index is 2.05. The molecule has 1 aliphatic carbocycles. The van der Waals surface area contributed by atoms with Crippen molar-refractivity contribution in [1.82, 2.24) is 9.88 Å². The van der Waals surface area contributed by atoms with Gasteiger partial charge in [-0.25, -0.2) is 10.8 Å². The van der Waals surface area contributed by atoms with Gasteiger partial charge in [0.05, 0.1) is 5.56 Å². The van der Waals surface area contributed by atoms with Crippen molar-refractivity contribution < 1.29 is 4.79 Å². The topological polar surface area (TPSA) is 71.2 Å². The fraction of sp³-hybridized carbons (Fsp3) is 0.538. The van der Waals surface area contributed by atoms with Gasteiger partial charge in [0.25, 0.3) is 5.91 Å². The van der Waals surface area contributed by atoms with E-state index in [4.69, 9.17) is 5.84 Å². The van der Waals surface area contributed by atoms with Crippen LogP contribution in [0.25, 0.3) is 0 Å². The zero-order valence-electron chi connectivity index (χ0n) is 10.7. The summed E-state index contributed by atoms with van der Waals surface area (Å²) in [5.41, 5.74) is 2.99. The quantitative estimate of drug-likeness (QED) is 0.627. The predicted molar refractivity (Wildman–Crippen MR) is 71.0 cm³/mol. The number of carbonyl (C=O) groups is 1. The summed E-state index contributed by atoms with van der Waals surface area (Å²) in [6, 6.07) is 3.49. The molecule has 5 heteroatoms. The monoisotopic (exact) mass is 248 g/mol. The molecule has 0 unspecified atom stereocenters. The Morgan fingerprint density at radius 3 is 2.94 bits per heavy atom. The van der Waals surface area contributed by atoms with E-state index in [0.717, 1.165) is 6.54 Å². The standard InChI is InChI=1S/C13H20N4O/c1-17(9-10-5-2-3-6-10)13(18)11-7-4-8-15-12(11)16-14/h4,7-8,10H,2-3,5-6,9,14H2,1H3,(H,15,16). The molecule has 1 amide bonds. The molecule has 1 heterocycles. The van der Waals surface area contributed by atoms with E-state index in [9.17, 15) is 4.79 Å². The van der Waals surface area contributed by atoms with Gasteiger partial charge in [-0.1, -0.05) is 12.8 Å². The highest BCUT2D eigenvalue weighted by molar-refractivity contribution is 5.98. The molecule has 18 heavy (non-hydrogen) atoms. The van der Waals surface area contributed by atoms with E-state index in [1.807, 2.05) is 7.05 Å². The van der Waals surface area contributed by atoms with Crippen molar-refractivity contribution in [3.05, 3.63) is 23.9 Å². The number of hydrogen-bond donors (Lipinski definition) is 2. The van der Waals surface area contributed by atoms with Crippen molar-refractivity contribution in [3.63, 3.8) is 0 Å². The minimum atomic E-state index is -0.0250. The third-order valence-electron chi connectivity index (χ3n) is 3.53. The molecule has 0 radical (unpaired) electrons. The van der Waals surface area contributed by atoms with Crippen molar-refractivity contribution in [1.29, 1.82) is 0 Å². The fourth-order valence-corrected chi connectivity index (χ4v) is 2.56. The number of hydrazine groups is 1. The summed E-state index contributed by atoms with van der Waals surface area (Å²) in [4.78, 5) is 18.1. The van der Waals surface area contributed by atoms with Crippen LogP contribution in [0.1, 0.15) is 36.0 Å². The molecular formula is C13H20N4O. The lowest BCUT2D eigenvalue weighted by Gasteiger charge is -2.21. The molecule has 1 fully saturated rings. The molecule has 0 atom stereocenters. The van der Waals surface area contributed by atoms with Crippen molar-refractivity contribution in [2.75, 3.05) is 19.0 Å². The minimum absolute atomic E-state index is 0.0250. The molecule has 2 rings (SSSR count). The number of carbonyl (C=O) groups excluding carboxylic acids is 1. The summed E-state index contributed by atoms with van der Waals surface area (Å²) in [6.07, 6.45) is 6.65. The van der Waals surface area contributed by atoms with Gasteiger partial charge < -0.3 is 10.3 Å². The number of rotatable bonds is 4. The third-order valence-corrected chi connectivity index (χ3v) is 3.53. The van der Waals surface area contributed by atoms with Gasteiger partial charge in [0, 0.05) is 19.8 Å². The van der Waals surface area contributed by atoms with Gasteiger partial charge in [-0.15, -0.1) is 0 Å². The molecule has 1 aliphatic rings. The van der Waals surface area contributed by atoms with Crippen LogP contribution >= 0.6 is 0 Å². The molecule has 1 aromatic rings. The van der Waals surface area contributed by atoms with Crippen LogP contribution < -0.4 is 11.3 Å². The molecule has 0 spiro atoms. The number of nitrogen functional groups attached to an aromatic ring is 1. The number of amides is 1. The molecule has 1 saturated carbocycles. The molecule has 0 saturated heterocycles. The van der Waals surface area contributed by atoms with Gasteiger partial charge in [0.15, 0.2) is 5.82 Å². The molecule has 1 aromatic heterocycles. The zero-order valence-corrected chi connectivity index (χ0v) is 10.7. The first-order valence-electron chi connectivity index (χ1n) is 6.39. The Morgan fingerprint density at radius 1 is 1.56 bits per heavy atom. The summed E-state index contributed by atoms with van der Waals surface area (Å²) < 4.78 is 0. The lowest BCUT2D eigenvalue weighted by atomic mass is 10.1. The van der Waals surface area contributed by atoms with Gasteiger partial charge in [-0.3, -0.25) is 4.79 Å². The van der Waals surface area contributed by atoms with Crippen LogP contribution in [0.15, 0.2) is 18.3 Å². The molecule has 98 valence electrons. The van der Waals surface area contributed by atoms with E-state index in [1.54, 1.807) is 23.2 Å². The van der Waals surface area contributed by atoms with Crippen LogP contribution in [0.5, 0.6) is 0 Å². The van der Waals surface area contributed by atoms with E-state index >= 15 is 0 Å². The second-order valence-electron chi connectivity index (χ2n) is 4.88. The maximum atomic E-state index is 12.3. The predicted octanol–water partition coefficient (Wildman–Crippen LogP) is 1.63. The van der Waals surface area contributed by atoms with E-state index in [2.05, 4.69) is 10.4 Å². The van der Waals surface area contributed by atoms with E-state index in [0.29, 0.717) is 17.3 Å². The number of anilines is 1. The van der Waals surface area contributed by atoms with Crippen LogP contribution in [-0.2, 0) is 0 Å². The first kappa shape index (κ1) is 12.8. The van der Waals surface area contributed by atoms with Crippen molar-refractivity contribution >= 4 is 11.7 Å². The number of nitrogens with zero attached hydrogens (tertiary/aromatic N) is 2. The largest absolute Gasteiger partial charge is 0.341 e.